The van der Waals surface area contributed by atoms with Crippen molar-refractivity contribution < 1.29 is 23.8 Å². The topological polar surface area (TPSA) is 98.7 Å². The summed E-state index contributed by atoms with van der Waals surface area (Å²) in [6.07, 6.45) is 3.21. The van der Waals surface area contributed by atoms with Crippen LogP contribution in [0.15, 0.2) is 42.6 Å². The molecule has 1 atom stereocenters. The molecule has 0 saturated heterocycles. The number of aromatic nitrogens is 1. The number of hydrogen-bond acceptors (Lipinski definition) is 5. The van der Waals surface area contributed by atoms with Crippen LogP contribution in [0, 0.1) is 11.2 Å². The number of halogens is 1. The summed E-state index contributed by atoms with van der Waals surface area (Å²) in [5.41, 5.74) is 7.94. The van der Waals surface area contributed by atoms with Crippen LogP contribution < -0.4 is 20.5 Å². The average molecular weight is 500 g/mol. The fourth-order valence-corrected chi connectivity index (χ4v) is 4.04. The van der Waals surface area contributed by atoms with E-state index in [1.54, 1.807) is 6.07 Å². The molecule has 0 bridgehead atoms. The fraction of sp³-hybridized carbons (Fsp3) is 0.464. The van der Waals surface area contributed by atoms with Gasteiger partial charge in [-0.25, -0.2) is 4.39 Å². The monoisotopic (exact) mass is 499 g/mol. The summed E-state index contributed by atoms with van der Waals surface area (Å²) in [4.78, 5) is 12.2. The van der Waals surface area contributed by atoms with Gasteiger partial charge in [-0.05, 0) is 61.1 Å². The van der Waals surface area contributed by atoms with Gasteiger partial charge in [-0.3, -0.25) is 4.79 Å². The van der Waals surface area contributed by atoms with Gasteiger partial charge >= 0.3 is 0 Å². The second kappa shape index (κ2) is 12.2. The van der Waals surface area contributed by atoms with Crippen LogP contribution in [0.2, 0.25) is 0 Å². The number of hydrogen-bond donors (Lipinski definition) is 3. The second-order valence-corrected chi connectivity index (χ2v) is 10.4. The molecular formula is C28H38FN3O4. The molecule has 1 amide bonds. The molecule has 7 nitrogen and oxygen atoms in total. The molecule has 0 aliphatic heterocycles. The Morgan fingerprint density at radius 1 is 1.17 bits per heavy atom. The molecule has 3 aromatic rings. The number of ether oxygens (including phenoxy) is 2. The Morgan fingerprint density at radius 2 is 1.94 bits per heavy atom. The minimum Gasteiger partial charge on any atom is -0.489 e. The summed E-state index contributed by atoms with van der Waals surface area (Å²) in [6.45, 7) is 10.4. The zero-order valence-electron chi connectivity index (χ0n) is 21.6. The van der Waals surface area contributed by atoms with Crippen molar-refractivity contribution in [2.24, 2.45) is 11.1 Å². The Balaban J connectivity index is 1.58. The van der Waals surface area contributed by atoms with Crippen molar-refractivity contribution in [2.75, 3.05) is 26.4 Å². The number of aliphatic hydroxyl groups excluding tert-OH is 1. The SMILES string of the molecule is CC(Cc1cc(C(N)=O)c2c(ccn2CCCO)c1)NCCOc1cc(F)ccc1OCC(C)(C)C. The summed E-state index contributed by atoms with van der Waals surface area (Å²) in [5, 5.41) is 13.5. The number of aryl methyl sites for hydroxylation is 1. The summed E-state index contributed by atoms with van der Waals surface area (Å²) >= 11 is 0. The van der Waals surface area contributed by atoms with Crippen molar-refractivity contribution in [1.82, 2.24) is 9.88 Å². The molecule has 196 valence electrons. The van der Waals surface area contributed by atoms with Gasteiger partial charge < -0.3 is 30.2 Å². The Bertz CT molecular complexity index is 1170. The van der Waals surface area contributed by atoms with Gasteiger partial charge in [-0.2, -0.15) is 0 Å². The number of carbonyl (C=O) groups is 1. The van der Waals surface area contributed by atoms with Gasteiger partial charge in [0.15, 0.2) is 11.5 Å². The molecule has 8 heteroatoms. The maximum absolute atomic E-state index is 13.8. The Labute approximate surface area is 212 Å². The van der Waals surface area contributed by atoms with Crippen molar-refractivity contribution >= 4 is 16.8 Å². The number of amides is 1. The third-order valence-corrected chi connectivity index (χ3v) is 5.70. The number of benzene rings is 2. The molecule has 0 spiro atoms. The minimum atomic E-state index is -0.473. The van der Waals surface area contributed by atoms with Gasteiger partial charge in [0.2, 0.25) is 0 Å². The van der Waals surface area contributed by atoms with E-state index in [0.717, 1.165) is 16.5 Å². The summed E-state index contributed by atoms with van der Waals surface area (Å²) in [6, 6.07) is 10.3. The van der Waals surface area contributed by atoms with Gasteiger partial charge in [-0.15, -0.1) is 0 Å². The van der Waals surface area contributed by atoms with Crippen molar-refractivity contribution in [3.05, 3.63) is 59.5 Å². The Kier molecular flexibility index (Phi) is 9.34. The molecule has 36 heavy (non-hydrogen) atoms. The number of nitrogens with one attached hydrogen (secondary N) is 1. The van der Waals surface area contributed by atoms with E-state index in [1.807, 2.05) is 22.9 Å². The number of aliphatic hydroxyl groups is 1. The highest BCUT2D eigenvalue weighted by Gasteiger charge is 2.16. The van der Waals surface area contributed by atoms with Crippen LogP contribution in [0.25, 0.3) is 10.9 Å². The predicted octanol–water partition coefficient (Wildman–Crippen LogP) is 4.29. The number of fused-ring (bicyclic) bond motifs is 1. The van der Waals surface area contributed by atoms with Crippen molar-refractivity contribution in [1.29, 1.82) is 0 Å². The van der Waals surface area contributed by atoms with Crippen LogP contribution in [0.3, 0.4) is 0 Å². The van der Waals surface area contributed by atoms with Gasteiger partial charge in [-0.1, -0.05) is 20.8 Å². The first kappa shape index (κ1) is 27.5. The van der Waals surface area contributed by atoms with E-state index < -0.39 is 5.91 Å². The number of primary amides is 1. The molecule has 4 N–H and O–H groups in total. The largest absolute Gasteiger partial charge is 0.489 e. The lowest BCUT2D eigenvalue weighted by Gasteiger charge is -2.21. The molecular weight excluding hydrogens is 461 g/mol. The lowest BCUT2D eigenvalue weighted by atomic mass is 9.99. The van der Waals surface area contributed by atoms with Gasteiger partial charge in [0, 0.05) is 43.4 Å². The lowest BCUT2D eigenvalue weighted by Crippen LogP contribution is -2.32. The highest BCUT2D eigenvalue weighted by molar-refractivity contribution is 6.05. The first-order valence-electron chi connectivity index (χ1n) is 12.4. The Morgan fingerprint density at radius 3 is 2.64 bits per heavy atom. The van der Waals surface area contributed by atoms with Gasteiger partial charge in [0.1, 0.15) is 12.4 Å². The maximum Gasteiger partial charge on any atom is 0.250 e. The lowest BCUT2D eigenvalue weighted by molar-refractivity contribution is 0.100. The van der Waals surface area contributed by atoms with E-state index in [1.165, 1.54) is 12.1 Å². The van der Waals surface area contributed by atoms with Crippen LogP contribution in [0.4, 0.5) is 4.39 Å². The molecule has 0 aliphatic rings. The summed E-state index contributed by atoms with van der Waals surface area (Å²) < 4.78 is 27.4. The molecule has 0 aliphatic carbocycles. The smallest absolute Gasteiger partial charge is 0.250 e. The van der Waals surface area contributed by atoms with Crippen molar-refractivity contribution in [2.45, 2.75) is 53.1 Å². The van der Waals surface area contributed by atoms with Crippen LogP contribution in [0.5, 0.6) is 11.5 Å². The molecule has 1 aromatic heterocycles. The predicted molar refractivity (Wildman–Crippen MR) is 140 cm³/mol. The molecule has 1 unspecified atom stereocenters. The number of nitrogens with zero attached hydrogens (tertiary/aromatic N) is 1. The third kappa shape index (κ3) is 7.70. The van der Waals surface area contributed by atoms with E-state index in [9.17, 15) is 9.18 Å². The molecule has 2 aromatic carbocycles. The van der Waals surface area contributed by atoms with E-state index in [2.05, 4.69) is 39.1 Å². The van der Waals surface area contributed by atoms with Crippen LogP contribution >= 0.6 is 0 Å². The molecule has 0 fully saturated rings. The van der Waals surface area contributed by atoms with Crippen LogP contribution in [0.1, 0.15) is 50.0 Å². The summed E-state index contributed by atoms with van der Waals surface area (Å²) in [7, 11) is 0. The molecule has 0 saturated carbocycles. The maximum atomic E-state index is 13.8. The fourth-order valence-electron chi connectivity index (χ4n) is 4.04. The molecule has 0 radical (unpaired) electrons. The van der Waals surface area contributed by atoms with Crippen LogP contribution in [-0.2, 0) is 13.0 Å². The Hall–Kier alpha value is -3.10. The molecule has 1 heterocycles. The van der Waals surface area contributed by atoms with E-state index in [-0.39, 0.29) is 23.9 Å². The zero-order chi connectivity index (χ0) is 26.3. The number of nitrogens with two attached hydrogens (primary N) is 1. The van der Waals surface area contributed by atoms with E-state index >= 15 is 0 Å². The average Bonchev–Trinajstić information content (AvgIpc) is 3.21. The van der Waals surface area contributed by atoms with Crippen molar-refractivity contribution in [3.63, 3.8) is 0 Å². The van der Waals surface area contributed by atoms with E-state index in [4.69, 9.17) is 20.3 Å². The highest BCUT2D eigenvalue weighted by Crippen LogP contribution is 2.29. The normalized spacial score (nSPS) is 12.6. The summed E-state index contributed by atoms with van der Waals surface area (Å²) in [5.74, 6) is 0.0632. The van der Waals surface area contributed by atoms with Gasteiger partial charge in [0.25, 0.3) is 5.91 Å². The van der Waals surface area contributed by atoms with Gasteiger partial charge in [0.05, 0.1) is 17.7 Å². The number of carbonyl (C=O) groups excluding carboxylic acids is 1. The first-order valence-corrected chi connectivity index (χ1v) is 12.4. The third-order valence-electron chi connectivity index (χ3n) is 5.70. The zero-order valence-corrected chi connectivity index (χ0v) is 21.6. The number of rotatable bonds is 13. The molecule has 3 rings (SSSR count). The van der Waals surface area contributed by atoms with Crippen LogP contribution in [-0.4, -0.2) is 48.0 Å². The van der Waals surface area contributed by atoms with Crippen molar-refractivity contribution in [3.8, 4) is 11.5 Å². The second-order valence-electron chi connectivity index (χ2n) is 10.4. The highest BCUT2D eigenvalue weighted by atomic mass is 19.1. The first-order chi connectivity index (χ1) is 17.1. The minimum absolute atomic E-state index is 0.0257. The quantitative estimate of drug-likeness (QED) is 0.305. The van der Waals surface area contributed by atoms with E-state index in [0.29, 0.717) is 56.2 Å². The standard InChI is InChI=1S/C28H38FN3O4/c1-19(31-9-13-35-25-17-22(29)6-7-24(25)36-18-28(2,3)4)14-20-15-21-8-11-32(10-5-12-33)26(21)23(16-20)27(30)34/h6-8,11,15-17,19,31,33H,5,9-10,12-14,18H2,1-4H3,(H2,30,34).